The molecule has 1 aromatic rings. The molecule has 2 N–H and O–H groups in total. The molecule has 0 unspecified atom stereocenters. The first-order valence-electron chi connectivity index (χ1n) is 8.82. The Morgan fingerprint density at radius 3 is 2.62 bits per heavy atom. The summed E-state index contributed by atoms with van der Waals surface area (Å²) in [7, 11) is 3.81. The lowest BCUT2D eigenvalue weighted by molar-refractivity contribution is 0.162. The molecule has 1 aromatic heterocycles. The van der Waals surface area contributed by atoms with Crippen molar-refractivity contribution in [3.63, 3.8) is 0 Å². The third-order valence-electron chi connectivity index (χ3n) is 3.81. The first-order chi connectivity index (χ1) is 11.7. The second kappa shape index (κ2) is 11.9. The van der Waals surface area contributed by atoms with Crippen molar-refractivity contribution in [2.45, 2.75) is 40.2 Å². The van der Waals surface area contributed by atoms with Crippen LogP contribution in [0.15, 0.2) is 9.52 Å². The number of hydrogen-bond acceptors (Lipinski definition) is 5. The summed E-state index contributed by atoms with van der Waals surface area (Å²) in [6.45, 7) is 11.1. The van der Waals surface area contributed by atoms with E-state index in [9.17, 15) is 0 Å². The van der Waals surface area contributed by atoms with Crippen LogP contribution >= 0.6 is 0 Å². The van der Waals surface area contributed by atoms with Crippen LogP contribution in [0, 0.1) is 0 Å². The number of aliphatic imine (C=N–C) groups is 1. The van der Waals surface area contributed by atoms with Crippen LogP contribution in [-0.2, 0) is 24.1 Å². The fraction of sp³-hybridized carbons (Fsp3) is 0.765. The molecule has 0 radical (unpaired) electrons. The van der Waals surface area contributed by atoms with Crippen LogP contribution in [0.4, 0.5) is 0 Å². The maximum absolute atomic E-state index is 5.40. The van der Waals surface area contributed by atoms with E-state index in [0.717, 1.165) is 68.6 Å². The molecule has 0 bridgehead atoms. The largest absolute Gasteiger partial charge is 0.383 e. The topological polar surface area (TPSA) is 74.9 Å². The zero-order valence-corrected chi connectivity index (χ0v) is 15.8. The Morgan fingerprint density at radius 1 is 1.21 bits per heavy atom. The molecular weight excluding hydrogens is 306 g/mol. The molecule has 0 aliphatic carbocycles. The SMILES string of the molecule is CCNC(=NCc1c(CC)noc1CC)NCCN(C)CCOC. The highest BCUT2D eigenvalue weighted by atomic mass is 16.5. The first kappa shape index (κ1) is 20.4. The number of guanidine groups is 1. The van der Waals surface area contributed by atoms with E-state index in [1.54, 1.807) is 7.11 Å². The molecule has 0 saturated carbocycles. The van der Waals surface area contributed by atoms with Crippen LogP contribution in [-0.4, -0.2) is 63.0 Å². The summed E-state index contributed by atoms with van der Waals surface area (Å²) >= 11 is 0. The lowest BCUT2D eigenvalue weighted by Crippen LogP contribution is -2.41. The van der Waals surface area contributed by atoms with Crippen molar-refractivity contribution in [2.75, 3.05) is 46.9 Å². The second-order valence-corrected chi connectivity index (χ2v) is 5.66. The molecule has 0 saturated heterocycles. The summed E-state index contributed by atoms with van der Waals surface area (Å²) in [5.74, 6) is 1.76. The van der Waals surface area contributed by atoms with Gasteiger partial charge in [-0.15, -0.1) is 0 Å². The van der Waals surface area contributed by atoms with Crippen LogP contribution in [0.1, 0.15) is 37.8 Å². The normalized spacial score (nSPS) is 12.0. The molecule has 24 heavy (non-hydrogen) atoms. The molecule has 1 rings (SSSR count). The number of rotatable bonds is 11. The molecule has 0 fully saturated rings. The molecule has 1 heterocycles. The van der Waals surface area contributed by atoms with E-state index in [1.807, 2.05) is 0 Å². The van der Waals surface area contributed by atoms with Crippen LogP contribution < -0.4 is 10.6 Å². The van der Waals surface area contributed by atoms with Crippen LogP contribution in [0.5, 0.6) is 0 Å². The standard InChI is InChI=1S/C17H33N5O2/c1-6-15-14(16(7-2)24-21-15)13-20-17(18-8-3)19-9-10-22(4)11-12-23-5/h6-13H2,1-5H3,(H2,18,19,20). The Bertz CT molecular complexity index is 466. The molecule has 0 amide bonds. The summed E-state index contributed by atoms with van der Waals surface area (Å²) in [5, 5.41) is 10.8. The van der Waals surface area contributed by atoms with E-state index in [2.05, 4.69) is 53.5 Å². The van der Waals surface area contributed by atoms with Crippen molar-refractivity contribution in [3.05, 3.63) is 17.0 Å². The van der Waals surface area contributed by atoms with Gasteiger partial charge in [0.2, 0.25) is 0 Å². The maximum Gasteiger partial charge on any atom is 0.191 e. The van der Waals surface area contributed by atoms with Crippen LogP contribution in [0.25, 0.3) is 0 Å². The van der Waals surface area contributed by atoms with Crippen molar-refractivity contribution in [1.82, 2.24) is 20.7 Å². The third-order valence-corrected chi connectivity index (χ3v) is 3.81. The minimum atomic E-state index is 0.588. The Balaban J connectivity index is 2.58. The molecule has 0 aliphatic rings. The van der Waals surface area contributed by atoms with E-state index >= 15 is 0 Å². The van der Waals surface area contributed by atoms with Gasteiger partial charge >= 0.3 is 0 Å². The van der Waals surface area contributed by atoms with Gasteiger partial charge in [-0.3, -0.25) is 0 Å². The van der Waals surface area contributed by atoms with Gasteiger partial charge in [0, 0.05) is 45.3 Å². The van der Waals surface area contributed by atoms with E-state index in [-0.39, 0.29) is 0 Å². The van der Waals surface area contributed by atoms with Gasteiger partial charge in [-0.05, 0) is 20.4 Å². The van der Waals surface area contributed by atoms with E-state index in [0.29, 0.717) is 6.54 Å². The van der Waals surface area contributed by atoms with Gasteiger partial charge < -0.3 is 24.8 Å². The lowest BCUT2D eigenvalue weighted by atomic mass is 10.1. The fourth-order valence-electron chi connectivity index (χ4n) is 2.34. The Morgan fingerprint density at radius 2 is 2.00 bits per heavy atom. The minimum Gasteiger partial charge on any atom is -0.383 e. The number of aromatic nitrogens is 1. The van der Waals surface area contributed by atoms with Gasteiger partial charge in [-0.1, -0.05) is 19.0 Å². The number of ether oxygens (including phenoxy) is 1. The van der Waals surface area contributed by atoms with Gasteiger partial charge in [0.25, 0.3) is 0 Å². The quantitative estimate of drug-likeness (QED) is 0.469. The summed E-state index contributed by atoms with van der Waals surface area (Å²) in [4.78, 5) is 6.91. The van der Waals surface area contributed by atoms with Gasteiger partial charge in [-0.25, -0.2) is 4.99 Å². The van der Waals surface area contributed by atoms with Gasteiger partial charge in [0.05, 0.1) is 18.8 Å². The van der Waals surface area contributed by atoms with Gasteiger partial charge in [0.15, 0.2) is 5.96 Å². The maximum atomic E-state index is 5.40. The van der Waals surface area contributed by atoms with Crippen LogP contribution in [0.3, 0.4) is 0 Å². The zero-order chi connectivity index (χ0) is 17.8. The molecule has 0 atom stereocenters. The summed E-state index contributed by atoms with van der Waals surface area (Å²) < 4.78 is 10.5. The van der Waals surface area contributed by atoms with Crippen molar-refractivity contribution in [3.8, 4) is 0 Å². The number of likely N-dealkylation sites (N-methyl/N-ethyl adjacent to an activating group) is 1. The van der Waals surface area contributed by atoms with Crippen molar-refractivity contribution >= 4 is 5.96 Å². The van der Waals surface area contributed by atoms with Crippen molar-refractivity contribution in [2.24, 2.45) is 4.99 Å². The molecule has 0 aliphatic heterocycles. The van der Waals surface area contributed by atoms with Crippen molar-refractivity contribution in [1.29, 1.82) is 0 Å². The summed E-state index contributed by atoms with van der Waals surface area (Å²) in [6, 6.07) is 0. The Kier molecular flexibility index (Phi) is 10.1. The van der Waals surface area contributed by atoms with E-state index in [1.165, 1.54) is 0 Å². The van der Waals surface area contributed by atoms with Crippen LogP contribution in [0.2, 0.25) is 0 Å². The second-order valence-electron chi connectivity index (χ2n) is 5.66. The predicted octanol–water partition coefficient (Wildman–Crippen LogP) is 1.43. The first-order valence-corrected chi connectivity index (χ1v) is 8.82. The highest BCUT2D eigenvalue weighted by Crippen LogP contribution is 2.16. The smallest absolute Gasteiger partial charge is 0.191 e. The van der Waals surface area contributed by atoms with Crippen molar-refractivity contribution < 1.29 is 9.26 Å². The average molecular weight is 339 g/mol. The average Bonchev–Trinajstić information content (AvgIpc) is 2.99. The Hall–Kier alpha value is -1.60. The highest BCUT2D eigenvalue weighted by Gasteiger charge is 2.13. The predicted molar refractivity (Wildman–Crippen MR) is 97.5 cm³/mol. The molecule has 7 heteroatoms. The number of hydrogen-bond donors (Lipinski definition) is 2. The van der Waals surface area contributed by atoms with Gasteiger partial charge in [0.1, 0.15) is 5.76 Å². The number of nitrogens with one attached hydrogen (secondary N) is 2. The number of nitrogens with zero attached hydrogens (tertiary/aromatic N) is 3. The third kappa shape index (κ3) is 6.88. The molecule has 0 aromatic carbocycles. The minimum absolute atomic E-state index is 0.588. The molecule has 0 spiro atoms. The monoisotopic (exact) mass is 339 g/mol. The number of methoxy groups -OCH3 is 1. The zero-order valence-electron chi connectivity index (χ0n) is 15.8. The van der Waals surface area contributed by atoms with E-state index in [4.69, 9.17) is 9.26 Å². The van der Waals surface area contributed by atoms with Gasteiger partial charge in [-0.2, -0.15) is 0 Å². The molecular formula is C17H33N5O2. The van der Waals surface area contributed by atoms with E-state index < -0.39 is 0 Å². The Labute approximate surface area is 145 Å². The molecule has 7 nitrogen and oxygen atoms in total. The highest BCUT2D eigenvalue weighted by molar-refractivity contribution is 5.79. The summed E-state index contributed by atoms with van der Waals surface area (Å²) in [5.41, 5.74) is 2.13. The lowest BCUT2D eigenvalue weighted by Gasteiger charge is -2.17. The molecule has 138 valence electrons. The number of aryl methyl sites for hydroxylation is 2. The fourth-order valence-corrected chi connectivity index (χ4v) is 2.34. The summed E-state index contributed by atoms with van der Waals surface area (Å²) in [6.07, 6.45) is 1.70.